The quantitative estimate of drug-likeness (QED) is 0.850. The summed E-state index contributed by atoms with van der Waals surface area (Å²) < 4.78 is 0. The molecule has 1 aromatic carbocycles. The number of imide groups is 1. The molecule has 3 rings (SSSR count). The van der Waals surface area contributed by atoms with Crippen LogP contribution in [0.1, 0.15) is 43.7 Å². The number of carbonyl (C=O) groups excluding carboxylic acids is 2. The van der Waals surface area contributed by atoms with Gasteiger partial charge >= 0.3 is 6.03 Å². The number of hydrogen-bond acceptors (Lipinski definition) is 2. The zero-order valence-electron chi connectivity index (χ0n) is 12.7. The summed E-state index contributed by atoms with van der Waals surface area (Å²) in [4.78, 5) is 26.5. The number of nitrogens with zero attached hydrogens (tertiary/aromatic N) is 1. The molecule has 4 heteroatoms. The number of urea groups is 1. The fraction of sp³-hybridized carbons (Fsp3) is 0.529. The Kier molecular flexibility index (Phi) is 3.47. The Labute approximate surface area is 125 Å². The second-order valence-corrected chi connectivity index (χ2v) is 6.43. The molecule has 4 nitrogen and oxygen atoms in total. The van der Waals surface area contributed by atoms with Gasteiger partial charge in [0.15, 0.2) is 0 Å². The van der Waals surface area contributed by atoms with Crippen LogP contribution in [0.4, 0.5) is 4.79 Å². The maximum atomic E-state index is 12.8. The average molecular weight is 286 g/mol. The summed E-state index contributed by atoms with van der Waals surface area (Å²) in [7, 11) is 0. The van der Waals surface area contributed by atoms with E-state index in [2.05, 4.69) is 12.2 Å². The molecule has 2 fully saturated rings. The molecule has 0 aromatic heterocycles. The van der Waals surface area contributed by atoms with Gasteiger partial charge in [0.25, 0.3) is 5.91 Å². The summed E-state index contributed by atoms with van der Waals surface area (Å²) in [6.45, 7) is 4.45. The molecule has 1 aromatic rings. The van der Waals surface area contributed by atoms with Crippen LogP contribution in [0.5, 0.6) is 0 Å². The largest absolute Gasteiger partial charge is 0.325 e. The summed E-state index contributed by atoms with van der Waals surface area (Å²) in [5.74, 6) is 0.173. The second-order valence-electron chi connectivity index (χ2n) is 6.43. The normalized spacial score (nSPS) is 29.0. The van der Waals surface area contributed by atoms with Crippen LogP contribution in [0.15, 0.2) is 24.3 Å². The van der Waals surface area contributed by atoms with Crippen molar-refractivity contribution in [3.8, 4) is 0 Å². The van der Waals surface area contributed by atoms with E-state index in [-0.39, 0.29) is 17.9 Å². The lowest BCUT2D eigenvalue weighted by Gasteiger charge is -2.36. The fourth-order valence-electron chi connectivity index (χ4n) is 3.63. The van der Waals surface area contributed by atoms with E-state index in [0.29, 0.717) is 6.54 Å². The van der Waals surface area contributed by atoms with Crippen LogP contribution in [0.25, 0.3) is 0 Å². The molecule has 1 saturated heterocycles. The summed E-state index contributed by atoms with van der Waals surface area (Å²) in [6.07, 6.45) is 3.92. The Morgan fingerprint density at radius 2 is 2.14 bits per heavy atom. The number of amides is 3. The highest BCUT2D eigenvalue weighted by atomic mass is 16.2. The second kappa shape index (κ2) is 5.17. The van der Waals surface area contributed by atoms with Gasteiger partial charge in [0, 0.05) is 0 Å². The van der Waals surface area contributed by atoms with Crippen molar-refractivity contribution in [2.45, 2.75) is 51.6 Å². The summed E-state index contributed by atoms with van der Waals surface area (Å²) in [6, 6.07) is 7.72. The lowest BCUT2D eigenvalue weighted by atomic mass is 9.73. The van der Waals surface area contributed by atoms with Gasteiger partial charge in [-0.2, -0.15) is 0 Å². The monoisotopic (exact) mass is 286 g/mol. The molecule has 0 unspecified atom stereocenters. The maximum absolute atomic E-state index is 12.8. The number of rotatable bonds is 2. The minimum absolute atomic E-state index is 0.0405. The summed E-state index contributed by atoms with van der Waals surface area (Å²) >= 11 is 0. The molecule has 0 bridgehead atoms. The number of nitrogens with one attached hydrogen (secondary N) is 1. The first-order valence-electron chi connectivity index (χ1n) is 7.72. The van der Waals surface area contributed by atoms with Crippen molar-refractivity contribution < 1.29 is 9.59 Å². The van der Waals surface area contributed by atoms with Gasteiger partial charge in [-0.3, -0.25) is 9.69 Å². The van der Waals surface area contributed by atoms with Gasteiger partial charge in [0.2, 0.25) is 0 Å². The minimum atomic E-state index is -0.654. The van der Waals surface area contributed by atoms with Crippen LogP contribution in [0.3, 0.4) is 0 Å². The third kappa shape index (κ3) is 2.33. The highest BCUT2D eigenvalue weighted by Crippen LogP contribution is 2.38. The highest BCUT2D eigenvalue weighted by molar-refractivity contribution is 6.07. The van der Waals surface area contributed by atoms with Gasteiger partial charge < -0.3 is 5.32 Å². The first kappa shape index (κ1) is 14.1. The Balaban J connectivity index is 1.84. The SMILES string of the molecule is Cc1cccc(CN2C(=O)N[C@@]3(CCCC[C@@H]3C)C2=O)c1. The molecule has 1 N–H and O–H groups in total. The molecule has 1 spiro atoms. The highest BCUT2D eigenvalue weighted by Gasteiger charge is 2.54. The van der Waals surface area contributed by atoms with Gasteiger partial charge in [-0.1, -0.05) is 49.6 Å². The Bertz CT molecular complexity index is 584. The number of carbonyl (C=O) groups is 2. The standard InChI is InChI=1S/C17H22N2O2/c1-12-6-5-8-14(10-12)11-19-15(20)17(18-16(19)21)9-4-3-7-13(17)2/h5-6,8,10,13H,3-4,7,9,11H2,1-2H3,(H,18,21)/t13-,17+/m0/s1. The Hall–Kier alpha value is -1.84. The predicted octanol–water partition coefficient (Wildman–Crippen LogP) is 3.00. The molecular formula is C17H22N2O2. The molecule has 21 heavy (non-hydrogen) atoms. The van der Waals surface area contributed by atoms with Gasteiger partial charge in [0.1, 0.15) is 5.54 Å². The van der Waals surface area contributed by atoms with Crippen molar-refractivity contribution in [3.05, 3.63) is 35.4 Å². The molecule has 1 saturated carbocycles. The zero-order valence-corrected chi connectivity index (χ0v) is 12.7. The van der Waals surface area contributed by atoms with Crippen LogP contribution in [0, 0.1) is 12.8 Å². The van der Waals surface area contributed by atoms with Crippen molar-refractivity contribution >= 4 is 11.9 Å². The first-order valence-corrected chi connectivity index (χ1v) is 7.72. The van der Waals surface area contributed by atoms with E-state index >= 15 is 0 Å². The van der Waals surface area contributed by atoms with Gasteiger partial charge in [-0.15, -0.1) is 0 Å². The topological polar surface area (TPSA) is 49.4 Å². The van der Waals surface area contributed by atoms with Crippen LogP contribution >= 0.6 is 0 Å². The van der Waals surface area contributed by atoms with Crippen molar-refractivity contribution in [2.75, 3.05) is 0 Å². The third-order valence-electron chi connectivity index (χ3n) is 4.92. The van der Waals surface area contributed by atoms with Crippen molar-refractivity contribution in [2.24, 2.45) is 5.92 Å². The van der Waals surface area contributed by atoms with E-state index in [4.69, 9.17) is 0 Å². The van der Waals surface area contributed by atoms with Crippen molar-refractivity contribution in [1.29, 1.82) is 0 Å². The molecule has 0 radical (unpaired) electrons. The molecule has 2 atom stereocenters. The Morgan fingerprint density at radius 3 is 2.86 bits per heavy atom. The van der Waals surface area contributed by atoms with E-state index in [1.165, 1.54) is 4.90 Å². The van der Waals surface area contributed by atoms with Crippen LogP contribution in [0.2, 0.25) is 0 Å². The fourth-order valence-corrected chi connectivity index (χ4v) is 3.63. The lowest BCUT2D eigenvalue weighted by molar-refractivity contribution is -0.134. The van der Waals surface area contributed by atoms with E-state index in [0.717, 1.165) is 36.8 Å². The average Bonchev–Trinajstić information content (AvgIpc) is 2.68. The van der Waals surface area contributed by atoms with Gasteiger partial charge in [-0.25, -0.2) is 4.79 Å². The molecule has 1 aliphatic heterocycles. The molecule has 1 aliphatic carbocycles. The molecule has 112 valence electrons. The van der Waals surface area contributed by atoms with E-state index in [9.17, 15) is 9.59 Å². The molecule has 3 amide bonds. The summed E-state index contributed by atoms with van der Waals surface area (Å²) in [5.41, 5.74) is 1.48. The maximum Gasteiger partial charge on any atom is 0.325 e. The van der Waals surface area contributed by atoms with Gasteiger partial charge in [0.05, 0.1) is 6.54 Å². The molecule has 2 aliphatic rings. The number of aryl methyl sites for hydroxylation is 1. The number of hydrogen-bond donors (Lipinski definition) is 1. The van der Waals surface area contributed by atoms with E-state index in [1.54, 1.807) is 0 Å². The molecular weight excluding hydrogens is 264 g/mol. The number of benzene rings is 1. The first-order chi connectivity index (χ1) is 10.0. The van der Waals surface area contributed by atoms with Crippen molar-refractivity contribution in [3.63, 3.8) is 0 Å². The smallest absolute Gasteiger partial charge is 0.323 e. The lowest BCUT2D eigenvalue weighted by Crippen LogP contribution is -2.53. The van der Waals surface area contributed by atoms with Gasteiger partial charge in [-0.05, 0) is 31.2 Å². The zero-order chi connectivity index (χ0) is 15.0. The van der Waals surface area contributed by atoms with E-state index < -0.39 is 5.54 Å². The third-order valence-corrected chi connectivity index (χ3v) is 4.92. The van der Waals surface area contributed by atoms with Crippen LogP contribution in [-0.4, -0.2) is 22.4 Å². The van der Waals surface area contributed by atoms with Crippen molar-refractivity contribution in [1.82, 2.24) is 10.2 Å². The Morgan fingerprint density at radius 1 is 1.33 bits per heavy atom. The van der Waals surface area contributed by atoms with Crippen LogP contribution in [-0.2, 0) is 11.3 Å². The summed E-state index contributed by atoms with van der Waals surface area (Å²) in [5, 5.41) is 2.99. The van der Waals surface area contributed by atoms with E-state index in [1.807, 2.05) is 31.2 Å². The predicted molar refractivity (Wildman–Crippen MR) is 80.6 cm³/mol. The minimum Gasteiger partial charge on any atom is -0.323 e. The van der Waals surface area contributed by atoms with Crippen LogP contribution < -0.4 is 5.32 Å². The molecule has 1 heterocycles.